The van der Waals surface area contributed by atoms with Crippen LogP contribution in [0, 0.1) is 6.92 Å². The first-order chi connectivity index (χ1) is 6.34. The van der Waals surface area contributed by atoms with E-state index in [1.54, 1.807) is 17.5 Å². The van der Waals surface area contributed by atoms with E-state index in [1.807, 2.05) is 23.1 Å². The first-order valence-corrected chi connectivity index (χ1v) is 5.05. The Morgan fingerprint density at radius 3 is 3.08 bits per heavy atom. The topological polar surface area (TPSA) is 30.7 Å². The molecule has 0 fully saturated rings. The minimum absolute atomic E-state index is 0.917. The van der Waals surface area contributed by atoms with E-state index in [0.717, 1.165) is 13.0 Å². The first-order valence-electron chi connectivity index (χ1n) is 4.23. The average molecular weight is 193 g/mol. The molecule has 0 atom stereocenters. The van der Waals surface area contributed by atoms with Crippen LogP contribution < -0.4 is 0 Å². The second-order valence-corrected chi connectivity index (χ2v) is 4.20. The summed E-state index contributed by atoms with van der Waals surface area (Å²) in [7, 11) is 0. The Labute approximate surface area is 81.1 Å². The largest absolute Gasteiger partial charge is 0.272 e. The average Bonchev–Trinajstić information content (AvgIpc) is 2.71. The molecule has 2 aromatic heterocycles. The van der Waals surface area contributed by atoms with E-state index in [4.69, 9.17) is 0 Å². The van der Waals surface area contributed by atoms with Gasteiger partial charge in [0, 0.05) is 36.4 Å². The Hall–Kier alpha value is -1.16. The van der Waals surface area contributed by atoms with Gasteiger partial charge in [0.15, 0.2) is 0 Å². The van der Waals surface area contributed by atoms with Crippen molar-refractivity contribution in [3.63, 3.8) is 0 Å². The molecule has 0 amide bonds. The van der Waals surface area contributed by atoms with Gasteiger partial charge >= 0.3 is 0 Å². The Morgan fingerprint density at radius 1 is 1.54 bits per heavy atom. The fraction of sp³-hybridized carbons (Fsp3) is 0.333. The molecule has 68 valence electrons. The quantitative estimate of drug-likeness (QED) is 0.745. The first kappa shape index (κ1) is 8.44. The van der Waals surface area contributed by atoms with E-state index in [9.17, 15) is 0 Å². The highest BCUT2D eigenvalue weighted by molar-refractivity contribution is 7.11. The number of aryl methyl sites for hydroxylation is 3. The van der Waals surface area contributed by atoms with Crippen molar-refractivity contribution in [1.29, 1.82) is 0 Å². The molecule has 4 heteroatoms. The number of nitrogens with zero attached hydrogens (tertiary/aromatic N) is 3. The van der Waals surface area contributed by atoms with Crippen molar-refractivity contribution in [3.05, 3.63) is 34.5 Å². The van der Waals surface area contributed by atoms with Crippen molar-refractivity contribution in [2.45, 2.75) is 19.9 Å². The Balaban J connectivity index is 1.93. The van der Waals surface area contributed by atoms with Crippen LogP contribution in [0.15, 0.2) is 24.7 Å². The molecule has 0 bridgehead atoms. The summed E-state index contributed by atoms with van der Waals surface area (Å²) in [6.45, 7) is 3.00. The number of rotatable bonds is 3. The second-order valence-electron chi connectivity index (χ2n) is 2.88. The van der Waals surface area contributed by atoms with E-state index in [0.29, 0.717) is 0 Å². The van der Waals surface area contributed by atoms with Gasteiger partial charge in [0.2, 0.25) is 0 Å². The predicted molar refractivity (Wildman–Crippen MR) is 52.8 cm³/mol. The Morgan fingerprint density at radius 2 is 2.46 bits per heavy atom. The van der Waals surface area contributed by atoms with Gasteiger partial charge in [-0.05, 0) is 13.0 Å². The van der Waals surface area contributed by atoms with Crippen molar-refractivity contribution >= 4 is 11.3 Å². The fourth-order valence-electron chi connectivity index (χ4n) is 1.16. The molecule has 0 unspecified atom stereocenters. The van der Waals surface area contributed by atoms with Crippen molar-refractivity contribution in [2.75, 3.05) is 0 Å². The van der Waals surface area contributed by atoms with Gasteiger partial charge < -0.3 is 0 Å². The molecule has 2 heterocycles. The SMILES string of the molecule is Cc1cnc(CCn2cccn2)s1. The van der Waals surface area contributed by atoms with Crippen LogP contribution in [0.1, 0.15) is 9.88 Å². The normalized spacial score (nSPS) is 10.5. The smallest absolute Gasteiger partial charge is 0.0946 e. The summed E-state index contributed by atoms with van der Waals surface area (Å²) >= 11 is 1.76. The summed E-state index contributed by atoms with van der Waals surface area (Å²) in [5.41, 5.74) is 0. The second kappa shape index (κ2) is 3.70. The lowest BCUT2D eigenvalue weighted by Gasteiger charge is -1.97. The summed E-state index contributed by atoms with van der Waals surface area (Å²) in [6.07, 6.45) is 6.66. The van der Waals surface area contributed by atoms with Crippen LogP contribution in [-0.4, -0.2) is 14.8 Å². The molecule has 3 nitrogen and oxygen atoms in total. The van der Waals surface area contributed by atoms with Crippen molar-refractivity contribution in [2.24, 2.45) is 0 Å². The third kappa shape index (κ3) is 2.15. The molecule has 0 radical (unpaired) electrons. The molecular weight excluding hydrogens is 182 g/mol. The van der Waals surface area contributed by atoms with Crippen LogP contribution in [-0.2, 0) is 13.0 Å². The van der Waals surface area contributed by atoms with E-state index in [1.165, 1.54) is 9.88 Å². The van der Waals surface area contributed by atoms with Crippen LogP contribution in [0.5, 0.6) is 0 Å². The van der Waals surface area contributed by atoms with Crippen molar-refractivity contribution in [1.82, 2.24) is 14.8 Å². The lowest BCUT2D eigenvalue weighted by atomic mass is 10.4. The molecule has 0 N–H and O–H groups in total. The summed E-state index contributed by atoms with van der Waals surface area (Å²) in [5.74, 6) is 0. The van der Waals surface area contributed by atoms with Gasteiger partial charge in [-0.25, -0.2) is 4.98 Å². The van der Waals surface area contributed by atoms with Crippen LogP contribution in [0.4, 0.5) is 0 Å². The molecule has 0 saturated heterocycles. The van der Waals surface area contributed by atoms with Gasteiger partial charge in [0.25, 0.3) is 0 Å². The Bertz CT molecular complexity index is 364. The van der Waals surface area contributed by atoms with Gasteiger partial charge in [-0.3, -0.25) is 4.68 Å². The predicted octanol–water partition coefficient (Wildman–Crippen LogP) is 1.89. The molecule has 2 rings (SSSR count). The number of hydrogen-bond donors (Lipinski definition) is 0. The van der Waals surface area contributed by atoms with Crippen LogP contribution >= 0.6 is 11.3 Å². The highest BCUT2D eigenvalue weighted by Gasteiger charge is 1.98. The molecule has 2 aromatic rings. The molecule has 0 aliphatic carbocycles. The summed E-state index contributed by atoms with van der Waals surface area (Å²) in [6, 6.07) is 1.94. The van der Waals surface area contributed by atoms with Gasteiger partial charge in [0.1, 0.15) is 0 Å². The molecule has 13 heavy (non-hydrogen) atoms. The highest BCUT2D eigenvalue weighted by Crippen LogP contribution is 2.11. The fourth-order valence-corrected chi connectivity index (χ4v) is 1.94. The number of aromatic nitrogens is 3. The zero-order valence-electron chi connectivity index (χ0n) is 7.47. The highest BCUT2D eigenvalue weighted by atomic mass is 32.1. The molecule has 0 spiro atoms. The summed E-state index contributed by atoms with van der Waals surface area (Å²) < 4.78 is 1.93. The summed E-state index contributed by atoms with van der Waals surface area (Å²) in [5, 5.41) is 5.32. The van der Waals surface area contributed by atoms with Crippen molar-refractivity contribution < 1.29 is 0 Å². The van der Waals surface area contributed by atoms with Crippen LogP contribution in [0.2, 0.25) is 0 Å². The van der Waals surface area contributed by atoms with Crippen LogP contribution in [0.3, 0.4) is 0 Å². The molecule has 0 saturated carbocycles. The monoisotopic (exact) mass is 193 g/mol. The zero-order chi connectivity index (χ0) is 9.10. The van der Waals surface area contributed by atoms with Crippen molar-refractivity contribution in [3.8, 4) is 0 Å². The van der Waals surface area contributed by atoms with Gasteiger partial charge in [-0.15, -0.1) is 11.3 Å². The summed E-state index contributed by atoms with van der Waals surface area (Å²) in [4.78, 5) is 5.57. The van der Waals surface area contributed by atoms with E-state index >= 15 is 0 Å². The van der Waals surface area contributed by atoms with Gasteiger partial charge in [0.05, 0.1) is 5.01 Å². The van der Waals surface area contributed by atoms with E-state index < -0.39 is 0 Å². The minimum Gasteiger partial charge on any atom is -0.272 e. The van der Waals surface area contributed by atoms with Crippen LogP contribution in [0.25, 0.3) is 0 Å². The van der Waals surface area contributed by atoms with Gasteiger partial charge in [-0.2, -0.15) is 5.10 Å². The molecular formula is C9H11N3S. The lowest BCUT2D eigenvalue weighted by molar-refractivity contribution is 0.613. The third-order valence-corrected chi connectivity index (χ3v) is 2.76. The zero-order valence-corrected chi connectivity index (χ0v) is 8.29. The molecule has 0 aliphatic heterocycles. The standard InChI is InChI=1S/C9H11N3S/c1-8-7-10-9(13-8)3-6-12-5-2-4-11-12/h2,4-5,7H,3,6H2,1H3. The van der Waals surface area contributed by atoms with Gasteiger partial charge in [-0.1, -0.05) is 0 Å². The Kier molecular flexibility index (Phi) is 2.40. The minimum atomic E-state index is 0.917. The maximum Gasteiger partial charge on any atom is 0.0946 e. The maximum atomic E-state index is 4.29. The van der Waals surface area contributed by atoms with E-state index in [-0.39, 0.29) is 0 Å². The molecule has 0 aliphatic rings. The maximum absolute atomic E-state index is 4.29. The lowest BCUT2D eigenvalue weighted by Crippen LogP contribution is -2.00. The number of hydrogen-bond acceptors (Lipinski definition) is 3. The third-order valence-electron chi connectivity index (χ3n) is 1.78. The molecule has 0 aromatic carbocycles. The number of thiazole rings is 1. The van der Waals surface area contributed by atoms with E-state index in [2.05, 4.69) is 17.0 Å².